The van der Waals surface area contributed by atoms with Gasteiger partial charge in [-0.1, -0.05) is 0 Å². The predicted molar refractivity (Wildman–Crippen MR) is 50.5 cm³/mol. The van der Waals surface area contributed by atoms with E-state index in [0.717, 1.165) is 0 Å². The molecule has 0 amide bonds. The SMILES string of the molecule is CC([C@H](C)Cl)N1CCC(F)(F)CC1. The summed E-state index contributed by atoms with van der Waals surface area (Å²) in [5.74, 6) is -2.45. The third kappa shape index (κ3) is 3.06. The minimum Gasteiger partial charge on any atom is -0.299 e. The Morgan fingerprint density at radius 3 is 2.08 bits per heavy atom. The number of piperidine rings is 1. The number of hydrogen-bond donors (Lipinski definition) is 0. The van der Waals surface area contributed by atoms with Crippen LogP contribution in [0.1, 0.15) is 26.7 Å². The van der Waals surface area contributed by atoms with Crippen molar-refractivity contribution in [2.24, 2.45) is 0 Å². The Morgan fingerprint density at radius 2 is 1.69 bits per heavy atom. The Hall–Kier alpha value is 0.110. The molecule has 4 heteroatoms. The molecular weight excluding hydrogens is 196 g/mol. The van der Waals surface area contributed by atoms with E-state index in [1.807, 2.05) is 18.7 Å². The van der Waals surface area contributed by atoms with Crippen molar-refractivity contribution >= 4 is 11.6 Å². The Labute approximate surface area is 83.0 Å². The van der Waals surface area contributed by atoms with Gasteiger partial charge in [0.25, 0.3) is 5.92 Å². The van der Waals surface area contributed by atoms with Crippen molar-refractivity contribution in [2.75, 3.05) is 13.1 Å². The van der Waals surface area contributed by atoms with Crippen molar-refractivity contribution in [1.29, 1.82) is 0 Å². The van der Waals surface area contributed by atoms with Crippen LogP contribution in [0.25, 0.3) is 0 Å². The van der Waals surface area contributed by atoms with Crippen molar-refractivity contribution < 1.29 is 8.78 Å². The molecular formula is C9H16ClF2N. The second-order valence-electron chi connectivity index (χ2n) is 3.81. The van der Waals surface area contributed by atoms with Gasteiger partial charge in [0.05, 0.1) is 0 Å². The Kier molecular flexibility index (Phi) is 3.52. The van der Waals surface area contributed by atoms with E-state index in [-0.39, 0.29) is 24.3 Å². The van der Waals surface area contributed by atoms with Crippen molar-refractivity contribution in [3.8, 4) is 0 Å². The average Bonchev–Trinajstić information content (AvgIpc) is 2.03. The van der Waals surface area contributed by atoms with Gasteiger partial charge in [-0.15, -0.1) is 11.6 Å². The second kappa shape index (κ2) is 4.09. The number of likely N-dealkylation sites (tertiary alicyclic amines) is 1. The van der Waals surface area contributed by atoms with Gasteiger partial charge in [0.1, 0.15) is 0 Å². The molecule has 1 rings (SSSR count). The molecule has 1 aliphatic heterocycles. The van der Waals surface area contributed by atoms with E-state index in [1.165, 1.54) is 0 Å². The molecule has 0 aromatic heterocycles. The van der Waals surface area contributed by atoms with Gasteiger partial charge in [0.15, 0.2) is 0 Å². The summed E-state index contributed by atoms with van der Waals surface area (Å²) in [6.07, 6.45) is -0.0537. The lowest BCUT2D eigenvalue weighted by Gasteiger charge is -2.36. The molecule has 1 unspecified atom stereocenters. The van der Waals surface area contributed by atoms with E-state index in [1.54, 1.807) is 0 Å². The summed E-state index contributed by atoms with van der Waals surface area (Å²) in [5.41, 5.74) is 0. The molecule has 1 aliphatic rings. The highest BCUT2D eigenvalue weighted by atomic mass is 35.5. The lowest BCUT2D eigenvalue weighted by atomic mass is 10.0. The monoisotopic (exact) mass is 211 g/mol. The van der Waals surface area contributed by atoms with Gasteiger partial charge in [-0.2, -0.15) is 0 Å². The summed E-state index contributed by atoms with van der Waals surface area (Å²) >= 11 is 5.90. The topological polar surface area (TPSA) is 3.24 Å². The number of halogens is 3. The normalized spacial score (nSPS) is 28.4. The summed E-state index contributed by atoms with van der Waals surface area (Å²) in [6, 6.07) is 0.192. The Balaban J connectivity index is 2.41. The first kappa shape index (κ1) is 11.2. The minimum atomic E-state index is -2.45. The maximum Gasteiger partial charge on any atom is 0.250 e. The molecule has 1 saturated heterocycles. The zero-order chi connectivity index (χ0) is 10.1. The molecule has 13 heavy (non-hydrogen) atoms. The third-order valence-corrected chi connectivity index (χ3v) is 3.13. The van der Waals surface area contributed by atoms with Crippen LogP contribution in [0.2, 0.25) is 0 Å². The predicted octanol–water partition coefficient (Wildman–Crippen LogP) is 2.73. The van der Waals surface area contributed by atoms with Gasteiger partial charge in [0.2, 0.25) is 0 Å². The van der Waals surface area contributed by atoms with Gasteiger partial charge in [-0.3, -0.25) is 4.90 Å². The number of hydrogen-bond acceptors (Lipinski definition) is 1. The third-order valence-electron chi connectivity index (χ3n) is 2.77. The van der Waals surface area contributed by atoms with E-state index in [9.17, 15) is 8.78 Å². The first-order chi connectivity index (χ1) is 5.92. The standard InChI is InChI=1S/C9H16ClF2N/c1-7(10)8(2)13-5-3-9(11,12)4-6-13/h7-8H,3-6H2,1-2H3/t7-,8?/m0/s1. The molecule has 2 atom stereocenters. The van der Waals surface area contributed by atoms with Crippen LogP contribution in [0.3, 0.4) is 0 Å². The van der Waals surface area contributed by atoms with E-state index in [4.69, 9.17) is 11.6 Å². The first-order valence-electron chi connectivity index (χ1n) is 4.68. The Morgan fingerprint density at radius 1 is 1.23 bits per heavy atom. The molecule has 0 bridgehead atoms. The molecule has 1 heterocycles. The number of nitrogens with zero attached hydrogens (tertiary/aromatic N) is 1. The van der Waals surface area contributed by atoms with Crippen LogP contribution in [0.5, 0.6) is 0 Å². The highest BCUT2D eigenvalue weighted by molar-refractivity contribution is 6.20. The van der Waals surface area contributed by atoms with Gasteiger partial charge in [-0.25, -0.2) is 8.78 Å². The van der Waals surface area contributed by atoms with Gasteiger partial charge in [-0.05, 0) is 13.8 Å². The molecule has 0 aromatic carbocycles. The highest BCUT2D eigenvalue weighted by Crippen LogP contribution is 2.29. The molecule has 0 saturated carbocycles. The summed E-state index contributed by atoms with van der Waals surface area (Å²) in [7, 11) is 0. The lowest BCUT2D eigenvalue weighted by molar-refractivity contribution is -0.0616. The molecule has 1 nitrogen and oxygen atoms in total. The van der Waals surface area contributed by atoms with Crippen LogP contribution in [0.15, 0.2) is 0 Å². The molecule has 0 aliphatic carbocycles. The maximum absolute atomic E-state index is 12.8. The summed E-state index contributed by atoms with van der Waals surface area (Å²) in [5, 5.41) is 0.0201. The van der Waals surface area contributed by atoms with Gasteiger partial charge < -0.3 is 0 Å². The van der Waals surface area contributed by atoms with Crippen molar-refractivity contribution in [3.05, 3.63) is 0 Å². The number of rotatable bonds is 2. The van der Waals surface area contributed by atoms with E-state index >= 15 is 0 Å². The Bertz CT molecular complexity index is 163. The van der Waals surface area contributed by atoms with Crippen LogP contribution >= 0.6 is 11.6 Å². The zero-order valence-corrected chi connectivity index (χ0v) is 8.82. The van der Waals surface area contributed by atoms with Gasteiger partial charge >= 0.3 is 0 Å². The van der Waals surface area contributed by atoms with Crippen molar-refractivity contribution in [2.45, 2.75) is 44.0 Å². The smallest absolute Gasteiger partial charge is 0.250 e. The second-order valence-corrected chi connectivity index (χ2v) is 4.50. The van der Waals surface area contributed by atoms with E-state index in [0.29, 0.717) is 13.1 Å². The van der Waals surface area contributed by atoms with Crippen molar-refractivity contribution in [1.82, 2.24) is 4.90 Å². The summed E-state index contributed by atoms with van der Waals surface area (Å²) in [6.45, 7) is 4.82. The first-order valence-corrected chi connectivity index (χ1v) is 5.12. The molecule has 0 radical (unpaired) electrons. The van der Waals surface area contributed by atoms with Crippen molar-refractivity contribution in [3.63, 3.8) is 0 Å². The maximum atomic E-state index is 12.8. The van der Waals surface area contributed by atoms with E-state index in [2.05, 4.69) is 0 Å². The van der Waals surface area contributed by atoms with Crippen LogP contribution < -0.4 is 0 Å². The zero-order valence-electron chi connectivity index (χ0n) is 8.06. The largest absolute Gasteiger partial charge is 0.299 e. The average molecular weight is 212 g/mol. The number of alkyl halides is 3. The minimum absolute atomic E-state index is 0.0201. The fourth-order valence-electron chi connectivity index (χ4n) is 1.55. The highest BCUT2D eigenvalue weighted by Gasteiger charge is 2.35. The quantitative estimate of drug-likeness (QED) is 0.635. The van der Waals surface area contributed by atoms with Crippen LogP contribution in [-0.4, -0.2) is 35.3 Å². The molecule has 0 spiro atoms. The molecule has 0 aromatic rings. The van der Waals surface area contributed by atoms with E-state index < -0.39 is 5.92 Å². The summed E-state index contributed by atoms with van der Waals surface area (Å²) in [4.78, 5) is 2.04. The van der Waals surface area contributed by atoms with Gasteiger partial charge in [0, 0.05) is 37.4 Å². The molecule has 0 N–H and O–H groups in total. The molecule has 1 fully saturated rings. The fraction of sp³-hybridized carbons (Fsp3) is 1.00. The lowest BCUT2D eigenvalue weighted by Crippen LogP contribution is -2.46. The molecule has 78 valence electrons. The van der Waals surface area contributed by atoms with Crippen LogP contribution in [0.4, 0.5) is 8.78 Å². The van der Waals surface area contributed by atoms with Crippen LogP contribution in [-0.2, 0) is 0 Å². The fourth-order valence-corrected chi connectivity index (χ4v) is 1.71. The summed E-state index contributed by atoms with van der Waals surface area (Å²) < 4.78 is 25.6. The van der Waals surface area contributed by atoms with Crippen LogP contribution in [0, 0.1) is 0 Å².